The van der Waals surface area contributed by atoms with Gasteiger partial charge in [-0.05, 0) is 92.8 Å². The first-order valence-electron chi connectivity index (χ1n) is 16.6. The smallest absolute Gasteiger partial charge is 0.120 e. The lowest BCUT2D eigenvalue weighted by atomic mass is 9.84. The van der Waals surface area contributed by atoms with E-state index >= 15 is 0 Å². The molecule has 3 nitrogen and oxygen atoms in total. The first kappa shape index (κ1) is 30.7. The summed E-state index contributed by atoms with van der Waals surface area (Å²) in [6.07, 6.45) is 15.6. The highest BCUT2D eigenvalue weighted by molar-refractivity contribution is 5.88. The minimum Gasteiger partial charge on any atom is -0.494 e. The summed E-state index contributed by atoms with van der Waals surface area (Å²) >= 11 is 0. The molecule has 1 atom stereocenters. The topological polar surface area (TPSA) is 17.4 Å². The van der Waals surface area contributed by atoms with Crippen molar-refractivity contribution in [2.24, 2.45) is 5.92 Å². The number of benzene rings is 2. The molecule has 3 heteroatoms. The fourth-order valence-electron chi connectivity index (χ4n) is 6.56. The molecule has 1 aromatic heterocycles. The number of rotatable bonds is 18. The Morgan fingerprint density at radius 1 is 0.900 bits per heavy atom. The maximum atomic E-state index is 6.29. The van der Waals surface area contributed by atoms with Crippen molar-refractivity contribution in [2.45, 2.75) is 117 Å². The lowest BCUT2D eigenvalue weighted by Gasteiger charge is -2.31. The Hall–Kier alpha value is -2.26. The van der Waals surface area contributed by atoms with Crippen LogP contribution in [-0.4, -0.2) is 35.7 Å². The monoisotopic (exact) mass is 544 g/mol. The lowest BCUT2D eigenvalue weighted by molar-refractivity contribution is 0.237. The van der Waals surface area contributed by atoms with Gasteiger partial charge in [0, 0.05) is 29.7 Å². The average molecular weight is 545 g/mol. The van der Waals surface area contributed by atoms with Gasteiger partial charge in [0.15, 0.2) is 0 Å². The number of hydrogen-bond donors (Lipinski definition) is 0. The van der Waals surface area contributed by atoms with Crippen LogP contribution in [-0.2, 0) is 13.0 Å². The second-order valence-corrected chi connectivity index (χ2v) is 12.7. The molecule has 1 aliphatic carbocycles. The fraction of sp³-hybridized carbons (Fsp3) is 0.622. The van der Waals surface area contributed by atoms with E-state index in [1.54, 1.807) is 11.3 Å². The summed E-state index contributed by atoms with van der Waals surface area (Å²) in [5.74, 6) is 2.30. The van der Waals surface area contributed by atoms with Gasteiger partial charge in [0.1, 0.15) is 5.75 Å². The van der Waals surface area contributed by atoms with E-state index in [0.717, 1.165) is 25.3 Å². The molecular weight excluding hydrogens is 488 g/mol. The molecular formula is C37H56N2O. The van der Waals surface area contributed by atoms with Crippen molar-refractivity contribution in [1.82, 2.24) is 9.47 Å². The van der Waals surface area contributed by atoms with Gasteiger partial charge in [-0.15, -0.1) is 0 Å². The van der Waals surface area contributed by atoms with Crippen LogP contribution in [0.15, 0.2) is 48.5 Å². The zero-order valence-electron chi connectivity index (χ0n) is 26.1. The first-order valence-corrected chi connectivity index (χ1v) is 16.6. The molecule has 40 heavy (non-hydrogen) atoms. The van der Waals surface area contributed by atoms with Crippen LogP contribution in [0.25, 0.3) is 10.9 Å². The van der Waals surface area contributed by atoms with Crippen molar-refractivity contribution >= 4 is 10.9 Å². The molecule has 220 valence electrons. The van der Waals surface area contributed by atoms with Crippen LogP contribution in [0.5, 0.6) is 5.75 Å². The molecule has 1 heterocycles. The highest BCUT2D eigenvalue weighted by Crippen LogP contribution is 2.41. The normalized spacial score (nSPS) is 15.3. The number of fused-ring (bicyclic) bond motifs is 3. The maximum absolute atomic E-state index is 6.29. The van der Waals surface area contributed by atoms with E-state index < -0.39 is 0 Å². The van der Waals surface area contributed by atoms with Gasteiger partial charge in [0.2, 0.25) is 0 Å². The van der Waals surface area contributed by atoms with Crippen molar-refractivity contribution in [3.05, 3.63) is 65.4 Å². The van der Waals surface area contributed by atoms with Gasteiger partial charge >= 0.3 is 0 Å². The van der Waals surface area contributed by atoms with Crippen LogP contribution in [0, 0.1) is 5.92 Å². The van der Waals surface area contributed by atoms with E-state index in [9.17, 15) is 0 Å². The van der Waals surface area contributed by atoms with Gasteiger partial charge in [0.05, 0.1) is 6.61 Å². The summed E-state index contributed by atoms with van der Waals surface area (Å²) in [6.45, 7) is 14.6. The summed E-state index contributed by atoms with van der Waals surface area (Å²) < 4.78 is 8.93. The first-order chi connectivity index (χ1) is 19.6. The number of hydrogen-bond acceptors (Lipinski definition) is 2. The van der Waals surface area contributed by atoms with Crippen molar-refractivity contribution < 1.29 is 4.74 Å². The molecule has 1 aliphatic rings. The Morgan fingerprint density at radius 2 is 1.62 bits per heavy atom. The Morgan fingerprint density at radius 3 is 2.30 bits per heavy atom. The Labute approximate surface area is 245 Å². The van der Waals surface area contributed by atoms with E-state index in [2.05, 4.69) is 85.7 Å². The van der Waals surface area contributed by atoms with Gasteiger partial charge in [-0.2, -0.15) is 0 Å². The third-order valence-corrected chi connectivity index (χ3v) is 8.84. The zero-order chi connectivity index (χ0) is 28.2. The molecule has 0 saturated heterocycles. The van der Waals surface area contributed by atoms with E-state index in [1.807, 2.05) is 0 Å². The average Bonchev–Trinajstić information content (AvgIpc) is 3.27. The number of unbranched alkanes of at least 4 members (excludes halogenated alkanes) is 6. The van der Waals surface area contributed by atoms with Crippen molar-refractivity contribution in [3.8, 4) is 5.75 Å². The van der Waals surface area contributed by atoms with Crippen LogP contribution in [0.3, 0.4) is 0 Å². The Kier molecular flexibility index (Phi) is 12.5. The number of ether oxygens (including phenoxy) is 1. The lowest BCUT2D eigenvalue weighted by Crippen LogP contribution is -2.32. The van der Waals surface area contributed by atoms with Gasteiger partial charge in [-0.3, -0.25) is 0 Å². The minimum absolute atomic E-state index is 0.603. The SMILES string of the molecule is CCCCCCN(CCCCCC)CC1CCCc2c1c1cc(OCCC(C)C)ccc1n2Cc1ccccc1. The van der Waals surface area contributed by atoms with Gasteiger partial charge < -0.3 is 14.2 Å². The molecule has 0 saturated carbocycles. The van der Waals surface area contributed by atoms with E-state index in [1.165, 1.54) is 107 Å². The molecule has 0 bridgehead atoms. The summed E-state index contributed by atoms with van der Waals surface area (Å²) in [7, 11) is 0. The highest BCUT2D eigenvalue weighted by atomic mass is 16.5. The molecule has 0 spiro atoms. The second-order valence-electron chi connectivity index (χ2n) is 12.7. The third-order valence-electron chi connectivity index (χ3n) is 8.84. The molecule has 0 aliphatic heterocycles. The quantitative estimate of drug-likeness (QED) is 0.148. The zero-order valence-corrected chi connectivity index (χ0v) is 26.1. The van der Waals surface area contributed by atoms with Gasteiger partial charge in [-0.25, -0.2) is 0 Å². The minimum atomic E-state index is 0.603. The summed E-state index contributed by atoms with van der Waals surface area (Å²) in [4.78, 5) is 2.83. The third kappa shape index (κ3) is 8.62. The molecule has 1 unspecified atom stereocenters. The molecule has 0 amide bonds. The fourth-order valence-corrected chi connectivity index (χ4v) is 6.56. The van der Waals surface area contributed by atoms with E-state index in [0.29, 0.717) is 11.8 Å². The number of aromatic nitrogens is 1. The second kappa shape index (κ2) is 16.2. The molecule has 0 N–H and O–H groups in total. The molecule has 0 fully saturated rings. The maximum Gasteiger partial charge on any atom is 0.120 e. The molecule has 4 rings (SSSR count). The molecule has 2 aromatic carbocycles. The summed E-state index contributed by atoms with van der Waals surface area (Å²) in [6, 6.07) is 17.9. The van der Waals surface area contributed by atoms with Crippen molar-refractivity contribution in [1.29, 1.82) is 0 Å². The standard InChI is InChI=1S/C37H56N2O/c1-5-7-9-14-24-38(25-15-10-8-6-2)29-32-19-16-20-36-37(32)34-27-33(40-26-23-30(3)4)21-22-35(34)39(36)28-31-17-12-11-13-18-31/h11-13,17-18,21-22,27,30,32H,5-10,14-16,19-20,23-26,28-29H2,1-4H3. The summed E-state index contributed by atoms with van der Waals surface area (Å²) in [5, 5.41) is 1.44. The van der Waals surface area contributed by atoms with Crippen molar-refractivity contribution in [3.63, 3.8) is 0 Å². The van der Waals surface area contributed by atoms with Crippen LogP contribution in [0.4, 0.5) is 0 Å². The van der Waals surface area contributed by atoms with Crippen LogP contribution < -0.4 is 4.74 Å². The molecule has 3 aromatic rings. The van der Waals surface area contributed by atoms with Crippen LogP contribution in [0.2, 0.25) is 0 Å². The van der Waals surface area contributed by atoms with E-state index in [4.69, 9.17) is 4.74 Å². The predicted molar refractivity (Wildman–Crippen MR) is 173 cm³/mol. The molecule has 0 radical (unpaired) electrons. The largest absolute Gasteiger partial charge is 0.494 e. The Balaban J connectivity index is 1.64. The predicted octanol–water partition coefficient (Wildman–Crippen LogP) is 10.00. The van der Waals surface area contributed by atoms with Crippen molar-refractivity contribution in [2.75, 3.05) is 26.2 Å². The van der Waals surface area contributed by atoms with Gasteiger partial charge in [-0.1, -0.05) is 96.6 Å². The van der Waals surface area contributed by atoms with Gasteiger partial charge in [0.25, 0.3) is 0 Å². The number of nitrogens with zero attached hydrogens (tertiary/aromatic N) is 2. The highest BCUT2D eigenvalue weighted by Gasteiger charge is 2.29. The van der Waals surface area contributed by atoms with Crippen LogP contribution in [0.1, 0.15) is 121 Å². The summed E-state index contributed by atoms with van der Waals surface area (Å²) in [5.41, 5.74) is 5.97. The van der Waals surface area contributed by atoms with Crippen LogP contribution >= 0.6 is 0 Å². The van der Waals surface area contributed by atoms with E-state index in [-0.39, 0.29) is 0 Å². The Bertz CT molecular complexity index is 1120.